The zero-order valence-corrected chi connectivity index (χ0v) is 9.87. The van der Waals surface area contributed by atoms with Gasteiger partial charge in [-0.1, -0.05) is 40.7 Å². The molecule has 0 unspecified atom stereocenters. The van der Waals surface area contributed by atoms with Crippen LogP contribution in [0, 0.1) is 11.3 Å². The average molecular weight is 195 g/mol. The van der Waals surface area contributed by atoms with E-state index in [0.29, 0.717) is 5.92 Å². The Morgan fingerprint density at radius 2 is 2.00 bits per heavy atom. The second-order valence-corrected chi connectivity index (χ2v) is 5.24. The monoisotopic (exact) mass is 195 g/mol. The maximum absolute atomic E-state index is 5.87. The van der Waals surface area contributed by atoms with Gasteiger partial charge in [0, 0.05) is 5.41 Å². The Bertz CT molecular complexity index is 248. The molecule has 0 spiro atoms. The van der Waals surface area contributed by atoms with Crippen molar-refractivity contribution < 1.29 is 4.74 Å². The van der Waals surface area contributed by atoms with Crippen molar-refractivity contribution in [1.29, 1.82) is 0 Å². The van der Waals surface area contributed by atoms with Crippen LogP contribution in [0.2, 0.25) is 0 Å². The van der Waals surface area contributed by atoms with Crippen LogP contribution in [-0.4, -0.2) is 18.0 Å². The number of aliphatic imine (C=N–C) groups is 1. The van der Waals surface area contributed by atoms with Gasteiger partial charge in [-0.15, -0.1) is 6.58 Å². The Kier molecular flexibility index (Phi) is 3.03. The van der Waals surface area contributed by atoms with E-state index in [0.717, 1.165) is 5.90 Å². The van der Waals surface area contributed by atoms with Crippen LogP contribution in [0.25, 0.3) is 0 Å². The van der Waals surface area contributed by atoms with E-state index in [-0.39, 0.29) is 17.6 Å². The van der Waals surface area contributed by atoms with Crippen LogP contribution in [0.5, 0.6) is 0 Å². The molecule has 0 radical (unpaired) electrons. The van der Waals surface area contributed by atoms with Gasteiger partial charge in [0.1, 0.15) is 12.1 Å². The molecule has 2 heteroatoms. The molecule has 14 heavy (non-hydrogen) atoms. The molecule has 0 N–H and O–H groups in total. The number of hydrogen-bond acceptors (Lipinski definition) is 2. The Labute approximate surface area is 87.1 Å². The number of rotatable bonds is 2. The highest BCUT2D eigenvalue weighted by Gasteiger charge is 2.35. The minimum absolute atomic E-state index is 0.00486. The zero-order valence-electron chi connectivity index (χ0n) is 9.87. The molecule has 2 nitrogen and oxygen atoms in total. The highest BCUT2D eigenvalue weighted by molar-refractivity contribution is 5.83. The molecular formula is C12H21NO. The van der Waals surface area contributed by atoms with Gasteiger partial charge in [0.2, 0.25) is 0 Å². The average Bonchev–Trinajstić information content (AvgIpc) is 2.45. The third-order valence-electron chi connectivity index (χ3n) is 2.39. The summed E-state index contributed by atoms with van der Waals surface area (Å²) in [6.07, 6.45) is 2.05. The van der Waals surface area contributed by atoms with Crippen LogP contribution < -0.4 is 0 Å². The molecule has 0 saturated carbocycles. The Hall–Kier alpha value is -0.790. The standard InChI is InChI=1S/C12H21NO/c1-7-9-10(8(2)3)14-11(13-9)12(4,5)6/h7-10H,1H2,2-6H3/t9-,10-/m1/s1. The first kappa shape index (κ1) is 11.3. The predicted octanol–water partition coefficient (Wildman–Crippen LogP) is 3.04. The van der Waals surface area contributed by atoms with Gasteiger partial charge >= 0.3 is 0 Å². The van der Waals surface area contributed by atoms with E-state index in [1.165, 1.54) is 0 Å². The van der Waals surface area contributed by atoms with Crippen LogP contribution in [0.4, 0.5) is 0 Å². The van der Waals surface area contributed by atoms with Crippen LogP contribution >= 0.6 is 0 Å². The molecule has 0 aromatic heterocycles. The lowest BCUT2D eigenvalue weighted by atomic mass is 9.97. The molecule has 1 rings (SSSR count). The fourth-order valence-corrected chi connectivity index (χ4v) is 1.53. The van der Waals surface area contributed by atoms with Crippen molar-refractivity contribution in [2.24, 2.45) is 16.3 Å². The highest BCUT2D eigenvalue weighted by Crippen LogP contribution is 2.29. The van der Waals surface area contributed by atoms with E-state index >= 15 is 0 Å². The predicted molar refractivity (Wildman–Crippen MR) is 60.6 cm³/mol. The third kappa shape index (κ3) is 2.17. The highest BCUT2D eigenvalue weighted by atomic mass is 16.5. The molecular weight excluding hydrogens is 174 g/mol. The third-order valence-corrected chi connectivity index (χ3v) is 2.39. The zero-order chi connectivity index (χ0) is 10.9. The lowest BCUT2D eigenvalue weighted by molar-refractivity contribution is 0.138. The summed E-state index contributed by atoms with van der Waals surface area (Å²) in [5.74, 6) is 1.34. The molecule has 80 valence electrons. The normalized spacial score (nSPS) is 27.4. The summed E-state index contributed by atoms with van der Waals surface area (Å²) >= 11 is 0. The molecule has 1 heterocycles. The van der Waals surface area contributed by atoms with Gasteiger partial charge in [0.15, 0.2) is 5.90 Å². The van der Waals surface area contributed by atoms with Crippen molar-refractivity contribution in [3.63, 3.8) is 0 Å². The summed E-state index contributed by atoms with van der Waals surface area (Å²) in [4.78, 5) is 4.56. The first-order chi connectivity index (χ1) is 6.36. The van der Waals surface area contributed by atoms with Crippen molar-refractivity contribution in [1.82, 2.24) is 0 Å². The minimum Gasteiger partial charge on any atom is -0.474 e. The SMILES string of the molecule is C=C[C@H]1N=C(C(C)(C)C)O[C@@H]1C(C)C. The number of nitrogens with zero attached hydrogens (tertiary/aromatic N) is 1. The Morgan fingerprint density at radius 3 is 2.29 bits per heavy atom. The van der Waals surface area contributed by atoms with E-state index in [1.807, 2.05) is 6.08 Å². The second-order valence-electron chi connectivity index (χ2n) is 5.24. The van der Waals surface area contributed by atoms with E-state index < -0.39 is 0 Å². The minimum atomic E-state index is 0.00486. The van der Waals surface area contributed by atoms with Gasteiger partial charge in [-0.3, -0.25) is 0 Å². The van der Waals surface area contributed by atoms with Gasteiger partial charge in [0.25, 0.3) is 0 Å². The van der Waals surface area contributed by atoms with Crippen molar-refractivity contribution in [2.45, 2.75) is 46.8 Å². The summed E-state index contributed by atoms with van der Waals surface area (Å²) in [6, 6.07) is 0.129. The summed E-state index contributed by atoms with van der Waals surface area (Å²) in [5, 5.41) is 0. The molecule has 0 amide bonds. The van der Waals surface area contributed by atoms with Gasteiger partial charge in [-0.25, -0.2) is 4.99 Å². The number of hydrogen-bond donors (Lipinski definition) is 0. The van der Waals surface area contributed by atoms with E-state index in [9.17, 15) is 0 Å². The first-order valence-electron chi connectivity index (χ1n) is 5.23. The molecule has 2 atom stereocenters. The maximum atomic E-state index is 5.87. The fourth-order valence-electron chi connectivity index (χ4n) is 1.53. The lowest BCUT2D eigenvalue weighted by Gasteiger charge is -2.22. The van der Waals surface area contributed by atoms with Crippen molar-refractivity contribution in [2.75, 3.05) is 0 Å². The Balaban J connectivity index is 2.82. The molecule has 0 saturated heterocycles. The van der Waals surface area contributed by atoms with Crippen molar-refractivity contribution >= 4 is 5.90 Å². The molecule has 1 aliphatic rings. The summed E-state index contributed by atoms with van der Waals surface area (Å²) in [7, 11) is 0. The quantitative estimate of drug-likeness (QED) is 0.621. The van der Waals surface area contributed by atoms with Crippen LogP contribution in [0.1, 0.15) is 34.6 Å². The summed E-state index contributed by atoms with van der Waals surface area (Å²) in [5.41, 5.74) is 0.00486. The van der Waals surface area contributed by atoms with Gasteiger partial charge in [-0.2, -0.15) is 0 Å². The largest absolute Gasteiger partial charge is 0.474 e. The molecule has 0 fully saturated rings. The van der Waals surface area contributed by atoms with Gasteiger partial charge < -0.3 is 4.74 Å². The molecule has 0 aromatic carbocycles. The van der Waals surface area contributed by atoms with Crippen molar-refractivity contribution in [3.05, 3.63) is 12.7 Å². The van der Waals surface area contributed by atoms with Crippen molar-refractivity contribution in [3.8, 4) is 0 Å². The Morgan fingerprint density at radius 1 is 1.43 bits per heavy atom. The smallest absolute Gasteiger partial charge is 0.189 e. The topological polar surface area (TPSA) is 21.6 Å². The van der Waals surface area contributed by atoms with Crippen LogP contribution in [0.3, 0.4) is 0 Å². The molecule has 0 aromatic rings. The second kappa shape index (κ2) is 3.76. The van der Waals surface area contributed by atoms with E-state index in [4.69, 9.17) is 4.74 Å². The first-order valence-corrected chi connectivity index (χ1v) is 5.23. The molecule has 0 bridgehead atoms. The molecule has 0 aliphatic carbocycles. The van der Waals surface area contributed by atoms with E-state index in [2.05, 4.69) is 46.2 Å². The van der Waals surface area contributed by atoms with Gasteiger partial charge in [-0.05, 0) is 5.92 Å². The summed E-state index contributed by atoms with van der Waals surface area (Å²) < 4.78 is 5.87. The lowest BCUT2D eigenvalue weighted by Crippen LogP contribution is -2.29. The van der Waals surface area contributed by atoms with E-state index in [1.54, 1.807) is 0 Å². The maximum Gasteiger partial charge on any atom is 0.189 e. The van der Waals surface area contributed by atoms with Gasteiger partial charge in [0.05, 0.1) is 0 Å². The number of ether oxygens (including phenoxy) is 1. The molecule has 1 aliphatic heterocycles. The van der Waals surface area contributed by atoms with Crippen LogP contribution in [0.15, 0.2) is 17.6 Å². The fraction of sp³-hybridized carbons (Fsp3) is 0.750. The van der Waals surface area contributed by atoms with Crippen LogP contribution in [-0.2, 0) is 4.74 Å². The summed E-state index contributed by atoms with van der Waals surface area (Å²) in [6.45, 7) is 14.5.